The van der Waals surface area contributed by atoms with Crippen LogP contribution in [0.4, 0.5) is 0 Å². The van der Waals surface area contributed by atoms with Crippen LogP contribution in [0.15, 0.2) is 72.8 Å². The zero-order valence-corrected chi connectivity index (χ0v) is 12.8. The molecule has 0 unspecified atom stereocenters. The van der Waals surface area contributed by atoms with E-state index in [1.54, 1.807) is 0 Å². The van der Waals surface area contributed by atoms with E-state index in [9.17, 15) is 0 Å². The molecular formula is C21H18O2. The van der Waals surface area contributed by atoms with Crippen LogP contribution in [0.5, 0.6) is 5.75 Å². The van der Waals surface area contributed by atoms with Crippen molar-refractivity contribution in [2.45, 2.75) is 5.92 Å². The Morgan fingerprint density at radius 1 is 0.696 bits per heavy atom. The zero-order valence-electron chi connectivity index (χ0n) is 12.8. The van der Waals surface area contributed by atoms with Crippen molar-refractivity contribution in [3.63, 3.8) is 0 Å². The molecule has 0 aliphatic heterocycles. The second-order valence-electron chi connectivity index (χ2n) is 5.72. The summed E-state index contributed by atoms with van der Waals surface area (Å²) in [5, 5.41) is 9.07. The summed E-state index contributed by atoms with van der Waals surface area (Å²) in [5.74, 6) is 1.02. The highest BCUT2D eigenvalue weighted by Crippen LogP contribution is 2.49. The molecule has 0 spiro atoms. The van der Waals surface area contributed by atoms with Crippen molar-refractivity contribution in [1.29, 1.82) is 0 Å². The van der Waals surface area contributed by atoms with Gasteiger partial charge in [0.05, 0.1) is 6.61 Å². The summed E-state index contributed by atoms with van der Waals surface area (Å²) in [6, 6.07) is 25.3. The molecule has 3 aromatic carbocycles. The Labute approximate surface area is 136 Å². The van der Waals surface area contributed by atoms with E-state index in [-0.39, 0.29) is 12.5 Å². The highest BCUT2D eigenvalue weighted by atomic mass is 16.5. The van der Waals surface area contributed by atoms with Crippen LogP contribution in [0, 0.1) is 0 Å². The van der Waals surface area contributed by atoms with E-state index in [1.807, 2.05) is 18.2 Å². The summed E-state index contributed by atoms with van der Waals surface area (Å²) >= 11 is 0. The Morgan fingerprint density at radius 3 is 1.83 bits per heavy atom. The third-order valence-corrected chi connectivity index (χ3v) is 4.41. The minimum absolute atomic E-state index is 0.0200. The molecule has 1 aliphatic rings. The van der Waals surface area contributed by atoms with Crippen LogP contribution in [0.2, 0.25) is 0 Å². The van der Waals surface area contributed by atoms with Crippen molar-refractivity contribution >= 4 is 0 Å². The second-order valence-corrected chi connectivity index (χ2v) is 5.72. The Bertz CT molecular complexity index is 793. The van der Waals surface area contributed by atoms with E-state index < -0.39 is 0 Å². The van der Waals surface area contributed by atoms with Crippen molar-refractivity contribution in [3.05, 3.63) is 89.5 Å². The first-order chi connectivity index (χ1) is 11.4. The molecule has 114 valence electrons. The Balaban J connectivity index is 1.90. The lowest BCUT2D eigenvalue weighted by molar-refractivity contribution is 0.200. The normalized spacial score (nSPS) is 12.7. The smallest absolute Gasteiger partial charge is 0.123 e. The SMILES string of the molecule is OCCOc1ccccc1C1c2ccccc2-c2ccccc21. The van der Waals surface area contributed by atoms with Gasteiger partial charge in [0.15, 0.2) is 0 Å². The lowest BCUT2D eigenvalue weighted by Gasteiger charge is -2.18. The van der Waals surface area contributed by atoms with Gasteiger partial charge < -0.3 is 9.84 Å². The van der Waals surface area contributed by atoms with Crippen LogP contribution < -0.4 is 4.74 Å². The van der Waals surface area contributed by atoms with Gasteiger partial charge in [0.2, 0.25) is 0 Å². The minimum atomic E-state index is 0.0200. The lowest BCUT2D eigenvalue weighted by Crippen LogP contribution is -2.07. The van der Waals surface area contributed by atoms with Gasteiger partial charge in [-0.15, -0.1) is 0 Å². The van der Waals surface area contributed by atoms with Gasteiger partial charge in [-0.3, -0.25) is 0 Å². The molecule has 0 bridgehead atoms. The quantitative estimate of drug-likeness (QED) is 0.611. The first-order valence-corrected chi connectivity index (χ1v) is 7.91. The van der Waals surface area contributed by atoms with Gasteiger partial charge in [0.25, 0.3) is 0 Å². The highest BCUT2D eigenvalue weighted by Gasteiger charge is 2.30. The van der Waals surface area contributed by atoms with Gasteiger partial charge in [0, 0.05) is 11.5 Å². The molecule has 0 saturated carbocycles. The predicted octanol–water partition coefficient (Wildman–Crippen LogP) is 4.22. The molecule has 0 heterocycles. The number of aliphatic hydroxyl groups is 1. The summed E-state index contributed by atoms with van der Waals surface area (Å²) in [6.07, 6.45) is 0. The van der Waals surface area contributed by atoms with E-state index in [1.165, 1.54) is 22.3 Å². The van der Waals surface area contributed by atoms with Gasteiger partial charge in [-0.25, -0.2) is 0 Å². The van der Waals surface area contributed by atoms with E-state index in [0.717, 1.165) is 11.3 Å². The first-order valence-electron chi connectivity index (χ1n) is 7.91. The standard InChI is InChI=1S/C21H18O2/c22-13-14-23-20-12-6-5-11-19(20)21-17-9-3-1-7-15(17)16-8-2-4-10-18(16)21/h1-12,21-22H,13-14H2. The number of aliphatic hydroxyl groups excluding tert-OH is 1. The van der Waals surface area contributed by atoms with E-state index >= 15 is 0 Å². The summed E-state index contributed by atoms with van der Waals surface area (Å²) < 4.78 is 5.78. The average Bonchev–Trinajstić information content (AvgIpc) is 2.95. The monoisotopic (exact) mass is 302 g/mol. The number of fused-ring (bicyclic) bond motifs is 3. The fraction of sp³-hybridized carbons (Fsp3) is 0.143. The number of para-hydroxylation sites is 1. The third-order valence-electron chi connectivity index (χ3n) is 4.41. The highest BCUT2D eigenvalue weighted by molar-refractivity contribution is 5.81. The number of hydrogen-bond acceptors (Lipinski definition) is 2. The fourth-order valence-electron chi connectivity index (χ4n) is 3.50. The summed E-state index contributed by atoms with van der Waals surface area (Å²) in [6.45, 7) is 0.333. The molecule has 0 fully saturated rings. The van der Waals surface area contributed by atoms with Crippen LogP contribution >= 0.6 is 0 Å². The van der Waals surface area contributed by atoms with E-state index in [4.69, 9.17) is 9.84 Å². The average molecular weight is 302 g/mol. The number of benzene rings is 3. The van der Waals surface area contributed by atoms with Gasteiger partial charge in [-0.2, -0.15) is 0 Å². The first kappa shape index (κ1) is 14.0. The van der Waals surface area contributed by atoms with Gasteiger partial charge in [-0.05, 0) is 28.3 Å². The van der Waals surface area contributed by atoms with Gasteiger partial charge in [0.1, 0.15) is 12.4 Å². The summed E-state index contributed by atoms with van der Waals surface area (Å²) in [5.41, 5.74) is 6.37. The molecule has 1 aliphatic carbocycles. The molecule has 2 heteroatoms. The molecule has 0 amide bonds. The molecule has 0 atom stereocenters. The molecule has 4 rings (SSSR count). The zero-order chi connectivity index (χ0) is 15.6. The van der Waals surface area contributed by atoms with E-state index in [2.05, 4.69) is 54.6 Å². The van der Waals surface area contributed by atoms with E-state index in [0.29, 0.717) is 6.61 Å². The van der Waals surface area contributed by atoms with Crippen LogP contribution in [0.25, 0.3) is 11.1 Å². The van der Waals surface area contributed by atoms with Crippen LogP contribution in [-0.4, -0.2) is 18.3 Å². The summed E-state index contributed by atoms with van der Waals surface area (Å²) in [7, 11) is 0. The summed E-state index contributed by atoms with van der Waals surface area (Å²) in [4.78, 5) is 0. The molecular weight excluding hydrogens is 284 g/mol. The Morgan fingerprint density at radius 2 is 1.22 bits per heavy atom. The molecule has 1 N–H and O–H groups in total. The van der Waals surface area contributed by atoms with Crippen molar-refractivity contribution in [2.24, 2.45) is 0 Å². The molecule has 0 radical (unpaired) electrons. The largest absolute Gasteiger partial charge is 0.491 e. The third kappa shape index (κ3) is 2.32. The van der Waals surface area contributed by atoms with Crippen LogP contribution in [0.1, 0.15) is 22.6 Å². The predicted molar refractivity (Wildman–Crippen MR) is 91.8 cm³/mol. The Kier molecular flexibility index (Phi) is 3.60. The maximum atomic E-state index is 9.07. The van der Waals surface area contributed by atoms with Gasteiger partial charge >= 0.3 is 0 Å². The van der Waals surface area contributed by atoms with Crippen molar-refractivity contribution in [2.75, 3.05) is 13.2 Å². The number of ether oxygens (including phenoxy) is 1. The topological polar surface area (TPSA) is 29.5 Å². The lowest BCUT2D eigenvalue weighted by atomic mass is 9.89. The molecule has 2 nitrogen and oxygen atoms in total. The molecule has 0 aromatic heterocycles. The maximum absolute atomic E-state index is 9.07. The minimum Gasteiger partial charge on any atom is -0.491 e. The van der Waals surface area contributed by atoms with Crippen LogP contribution in [-0.2, 0) is 0 Å². The van der Waals surface area contributed by atoms with Gasteiger partial charge in [-0.1, -0.05) is 66.7 Å². The number of hydrogen-bond donors (Lipinski definition) is 1. The molecule has 0 saturated heterocycles. The molecule has 23 heavy (non-hydrogen) atoms. The maximum Gasteiger partial charge on any atom is 0.123 e. The van der Waals surface area contributed by atoms with Crippen molar-refractivity contribution in [3.8, 4) is 16.9 Å². The number of rotatable bonds is 4. The fourth-order valence-corrected chi connectivity index (χ4v) is 3.50. The second kappa shape index (κ2) is 5.90. The van der Waals surface area contributed by atoms with Crippen molar-refractivity contribution in [1.82, 2.24) is 0 Å². The molecule has 3 aromatic rings. The van der Waals surface area contributed by atoms with Crippen molar-refractivity contribution < 1.29 is 9.84 Å². The Hall–Kier alpha value is -2.58. The van der Waals surface area contributed by atoms with Crippen LogP contribution in [0.3, 0.4) is 0 Å².